The molecule has 21 heavy (non-hydrogen) atoms. The second kappa shape index (κ2) is 5.36. The van der Waals surface area contributed by atoms with Crippen LogP contribution in [-0.4, -0.2) is 28.7 Å². The van der Waals surface area contributed by atoms with Gasteiger partial charge in [0.05, 0.1) is 6.04 Å². The largest absolute Gasteiger partial charge is 0.508 e. The van der Waals surface area contributed by atoms with E-state index in [-0.39, 0.29) is 29.0 Å². The number of fused-ring (bicyclic) bond motifs is 1. The first-order valence-corrected chi connectivity index (χ1v) is 6.77. The predicted octanol–water partition coefficient (Wildman–Crippen LogP) is 1.86. The summed E-state index contributed by atoms with van der Waals surface area (Å²) in [6, 6.07) is 11.8. The van der Waals surface area contributed by atoms with E-state index < -0.39 is 0 Å². The van der Waals surface area contributed by atoms with Crippen LogP contribution in [0.15, 0.2) is 42.5 Å². The summed E-state index contributed by atoms with van der Waals surface area (Å²) >= 11 is 0. The van der Waals surface area contributed by atoms with Crippen LogP contribution in [0.1, 0.15) is 15.9 Å². The van der Waals surface area contributed by atoms with Crippen LogP contribution in [0.5, 0.6) is 11.5 Å². The molecule has 1 heterocycles. The van der Waals surface area contributed by atoms with Crippen LogP contribution < -0.4 is 10.6 Å². The highest BCUT2D eigenvalue weighted by molar-refractivity contribution is 5.95. The van der Waals surface area contributed by atoms with Crippen molar-refractivity contribution in [2.75, 3.05) is 11.9 Å². The monoisotopic (exact) mass is 284 g/mol. The van der Waals surface area contributed by atoms with Gasteiger partial charge in [0.25, 0.3) is 5.91 Å². The molecule has 4 N–H and O–H groups in total. The Labute approximate surface area is 122 Å². The van der Waals surface area contributed by atoms with Crippen LogP contribution in [0.4, 0.5) is 5.69 Å². The summed E-state index contributed by atoms with van der Waals surface area (Å²) in [6.07, 6.45) is 0.750. The normalized spacial score (nSPS) is 16.7. The zero-order valence-corrected chi connectivity index (χ0v) is 11.3. The van der Waals surface area contributed by atoms with Crippen LogP contribution in [0.25, 0.3) is 0 Å². The van der Waals surface area contributed by atoms with Gasteiger partial charge in [-0.3, -0.25) is 4.79 Å². The van der Waals surface area contributed by atoms with E-state index in [2.05, 4.69) is 10.6 Å². The van der Waals surface area contributed by atoms with E-state index in [0.29, 0.717) is 6.54 Å². The molecule has 0 saturated heterocycles. The minimum Gasteiger partial charge on any atom is -0.508 e. The molecular formula is C16H16N2O3. The molecule has 0 saturated carbocycles. The summed E-state index contributed by atoms with van der Waals surface area (Å²) in [4.78, 5) is 12.2. The molecule has 0 radical (unpaired) electrons. The molecule has 1 aliphatic heterocycles. The molecule has 5 heteroatoms. The first-order valence-electron chi connectivity index (χ1n) is 6.77. The average Bonchev–Trinajstić information content (AvgIpc) is 2.46. The van der Waals surface area contributed by atoms with E-state index in [1.54, 1.807) is 0 Å². The summed E-state index contributed by atoms with van der Waals surface area (Å²) in [7, 11) is 0. The Morgan fingerprint density at radius 1 is 1.14 bits per heavy atom. The second-order valence-electron chi connectivity index (χ2n) is 5.15. The molecule has 0 bridgehead atoms. The fourth-order valence-electron chi connectivity index (χ4n) is 2.54. The third-order valence-electron chi connectivity index (χ3n) is 3.52. The van der Waals surface area contributed by atoms with Crippen molar-refractivity contribution in [2.24, 2.45) is 0 Å². The fourth-order valence-corrected chi connectivity index (χ4v) is 2.54. The van der Waals surface area contributed by atoms with Crippen LogP contribution in [-0.2, 0) is 6.42 Å². The van der Waals surface area contributed by atoms with Crippen molar-refractivity contribution in [2.45, 2.75) is 12.5 Å². The molecule has 3 rings (SSSR count). The SMILES string of the molecule is O=C(NC1CNc2ccccc2C1)c1cc(O)cc(O)c1. The zero-order chi connectivity index (χ0) is 14.8. The van der Waals surface area contributed by atoms with Gasteiger partial charge in [0, 0.05) is 23.9 Å². The van der Waals surface area contributed by atoms with E-state index in [1.165, 1.54) is 18.2 Å². The lowest BCUT2D eigenvalue weighted by atomic mass is 9.99. The lowest BCUT2D eigenvalue weighted by Crippen LogP contribution is -2.43. The number of nitrogens with one attached hydrogen (secondary N) is 2. The molecule has 1 unspecified atom stereocenters. The highest BCUT2D eigenvalue weighted by atomic mass is 16.3. The highest BCUT2D eigenvalue weighted by Gasteiger charge is 2.20. The molecule has 1 aliphatic rings. The van der Waals surface area contributed by atoms with E-state index in [0.717, 1.165) is 17.7 Å². The minimum atomic E-state index is -0.313. The number of hydrogen-bond donors (Lipinski definition) is 4. The lowest BCUT2D eigenvalue weighted by Gasteiger charge is -2.27. The molecule has 0 aliphatic carbocycles. The van der Waals surface area contributed by atoms with Gasteiger partial charge in [0.2, 0.25) is 0 Å². The molecule has 1 atom stereocenters. The van der Waals surface area contributed by atoms with Crippen molar-refractivity contribution in [1.82, 2.24) is 5.32 Å². The van der Waals surface area contributed by atoms with E-state index in [1.807, 2.05) is 24.3 Å². The quantitative estimate of drug-likeness (QED) is 0.678. The van der Waals surface area contributed by atoms with Gasteiger partial charge < -0.3 is 20.8 Å². The molecule has 1 amide bonds. The Bertz CT molecular complexity index is 665. The van der Waals surface area contributed by atoms with Crippen LogP contribution >= 0.6 is 0 Å². The van der Waals surface area contributed by atoms with E-state index in [9.17, 15) is 15.0 Å². The summed E-state index contributed by atoms with van der Waals surface area (Å²) in [5.74, 6) is -0.577. The third-order valence-corrected chi connectivity index (χ3v) is 3.52. The Morgan fingerprint density at radius 3 is 2.62 bits per heavy atom. The van der Waals surface area contributed by atoms with E-state index >= 15 is 0 Å². The van der Waals surface area contributed by atoms with Gasteiger partial charge in [0.15, 0.2) is 0 Å². The second-order valence-corrected chi connectivity index (χ2v) is 5.15. The number of para-hydroxylation sites is 1. The number of anilines is 1. The van der Waals surface area contributed by atoms with Gasteiger partial charge in [-0.25, -0.2) is 0 Å². The Balaban J connectivity index is 1.71. The smallest absolute Gasteiger partial charge is 0.251 e. The van der Waals surface area contributed by atoms with E-state index in [4.69, 9.17) is 0 Å². The van der Waals surface area contributed by atoms with Gasteiger partial charge in [-0.15, -0.1) is 0 Å². The number of carbonyl (C=O) groups is 1. The topological polar surface area (TPSA) is 81.6 Å². The molecule has 2 aromatic rings. The van der Waals surface area contributed by atoms with Crippen molar-refractivity contribution in [1.29, 1.82) is 0 Å². The van der Waals surface area contributed by atoms with Gasteiger partial charge in [-0.2, -0.15) is 0 Å². The number of carbonyl (C=O) groups excluding carboxylic acids is 1. The van der Waals surface area contributed by atoms with Gasteiger partial charge in [-0.05, 0) is 30.2 Å². The lowest BCUT2D eigenvalue weighted by molar-refractivity contribution is 0.0937. The number of rotatable bonds is 2. The number of benzene rings is 2. The maximum atomic E-state index is 12.2. The average molecular weight is 284 g/mol. The Kier molecular flexibility index (Phi) is 3.39. The summed E-state index contributed by atoms with van der Waals surface area (Å²) in [5.41, 5.74) is 2.50. The number of amides is 1. The standard InChI is InChI=1S/C16H16N2O3/c19-13-6-11(7-14(20)8-13)16(21)18-12-5-10-3-1-2-4-15(10)17-9-12/h1-4,6-8,12,17,19-20H,5,9H2,(H,18,21). The molecule has 108 valence electrons. The summed E-state index contributed by atoms with van der Waals surface area (Å²) in [5, 5.41) is 25.0. The Hall–Kier alpha value is -2.69. The first-order chi connectivity index (χ1) is 10.1. The molecule has 5 nitrogen and oxygen atoms in total. The first kappa shape index (κ1) is 13.3. The number of phenols is 2. The van der Waals surface area contributed by atoms with Crippen molar-refractivity contribution in [3.8, 4) is 11.5 Å². The molecule has 2 aromatic carbocycles. The molecular weight excluding hydrogens is 268 g/mol. The predicted molar refractivity (Wildman–Crippen MR) is 79.7 cm³/mol. The number of phenolic OH excluding ortho intramolecular Hbond substituents is 2. The minimum absolute atomic E-state index is 0.0307. The summed E-state index contributed by atoms with van der Waals surface area (Å²) < 4.78 is 0. The van der Waals surface area contributed by atoms with Gasteiger partial charge >= 0.3 is 0 Å². The zero-order valence-electron chi connectivity index (χ0n) is 11.3. The highest BCUT2D eigenvalue weighted by Crippen LogP contribution is 2.23. The fraction of sp³-hybridized carbons (Fsp3) is 0.188. The summed E-state index contributed by atoms with van der Waals surface area (Å²) in [6.45, 7) is 0.646. The van der Waals surface area contributed by atoms with Gasteiger partial charge in [0.1, 0.15) is 11.5 Å². The van der Waals surface area contributed by atoms with Crippen LogP contribution in [0.2, 0.25) is 0 Å². The van der Waals surface area contributed by atoms with Crippen molar-refractivity contribution in [3.05, 3.63) is 53.6 Å². The van der Waals surface area contributed by atoms with Crippen molar-refractivity contribution >= 4 is 11.6 Å². The van der Waals surface area contributed by atoms with Crippen LogP contribution in [0.3, 0.4) is 0 Å². The van der Waals surface area contributed by atoms with Crippen molar-refractivity contribution < 1.29 is 15.0 Å². The molecule has 0 fully saturated rings. The number of aromatic hydroxyl groups is 2. The maximum Gasteiger partial charge on any atom is 0.251 e. The Morgan fingerprint density at radius 2 is 1.86 bits per heavy atom. The maximum absolute atomic E-state index is 12.2. The third kappa shape index (κ3) is 2.91. The number of hydrogen-bond acceptors (Lipinski definition) is 4. The van der Waals surface area contributed by atoms with Crippen molar-refractivity contribution in [3.63, 3.8) is 0 Å². The van der Waals surface area contributed by atoms with Crippen LogP contribution in [0, 0.1) is 0 Å². The molecule has 0 aromatic heterocycles. The van der Waals surface area contributed by atoms with Gasteiger partial charge in [-0.1, -0.05) is 18.2 Å². The molecule has 0 spiro atoms.